The molecule has 122 valence electrons. The second kappa shape index (κ2) is 5.98. The van der Waals surface area contributed by atoms with E-state index in [1.54, 1.807) is 18.1 Å². The molecular weight excluding hydrogens is 318 g/mol. The molecule has 1 fully saturated rings. The number of hydrogen-bond acceptors (Lipinski definition) is 4. The Labute approximate surface area is 145 Å². The largest absolute Gasteiger partial charge is 0.314 e. The van der Waals surface area contributed by atoms with Crippen molar-refractivity contribution in [2.75, 3.05) is 16.6 Å². The number of fused-ring (bicyclic) bond motifs is 1. The van der Waals surface area contributed by atoms with Crippen LogP contribution in [-0.4, -0.2) is 27.8 Å². The first kappa shape index (κ1) is 15.3. The number of pyridine rings is 1. The van der Waals surface area contributed by atoms with Crippen LogP contribution in [0.3, 0.4) is 0 Å². The normalized spacial score (nSPS) is 17.6. The molecule has 0 bridgehead atoms. The van der Waals surface area contributed by atoms with Crippen LogP contribution >= 0.6 is 11.9 Å². The summed E-state index contributed by atoms with van der Waals surface area (Å²) >= 11 is 1.70. The number of carbonyl (C=O) groups is 1. The quantitative estimate of drug-likeness (QED) is 0.661. The van der Waals surface area contributed by atoms with Gasteiger partial charge in [-0.05, 0) is 56.1 Å². The van der Waals surface area contributed by atoms with Gasteiger partial charge in [0, 0.05) is 29.6 Å². The lowest BCUT2D eigenvalue weighted by molar-refractivity contribution is 0.0859. The van der Waals surface area contributed by atoms with Crippen molar-refractivity contribution in [3.05, 3.63) is 60.0 Å². The molecule has 0 radical (unpaired) electrons. The van der Waals surface area contributed by atoms with Gasteiger partial charge in [0.15, 0.2) is 0 Å². The van der Waals surface area contributed by atoms with Gasteiger partial charge in [-0.1, -0.05) is 11.6 Å². The molecule has 0 amide bonds. The molecule has 1 aliphatic heterocycles. The van der Waals surface area contributed by atoms with Gasteiger partial charge in [0.2, 0.25) is 5.91 Å². The van der Waals surface area contributed by atoms with Gasteiger partial charge in [0.05, 0.1) is 23.3 Å². The van der Waals surface area contributed by atoms with Crippen LogP contribution in [0.2, 0.25) is 0 Å². The highest BCUT2D eigenvalue weighted by atomic mass is 32.2. The lowest BCUT2D eigenvalue weighted by Crippen LogP contribution is -2.27. The zero-order chi connectivity index (χ0) is 16.7. The zero-order valence-electron chi connectivity index (χ0n) is 13.8. The molecule has 3 heterocycles. The Morgan fingerprint density at radius 1 is 1.25 bits per heavy atom. The Morgan fingerprint density at radius 3 is 2.92 bits per heavy atom. The Balaban J connectivity index is 1.62. The van der Waals surface area contributed by atoms with Gasteiger partial charge in [0.1, 0.15) is 0 Å². The third-order valence-electron chi connectivity index (χ3n) is 4.46. The van der Waals surface area contributed by atoms with E-state index in [9.17, 15) is 4.79 Å². The first-order valence-corrected chi connectivity index (χ1v) is 9.01. The number of aromatic nitrogens is 2. The highest BCUT2D eigenvalue weighted by Gasteiger charge is 2.31. The van der Waals surface area contributed by atoms with Crippen molar-refractivity contribution in [2.45, 2.75) is 13.8 Å². The Morgan fingerprint density at radius 2 is 2.12 bits per heavy atom. The molecule has 1 atom stereocenters. The third kappa shape index (κ3) is 2.59. The SMILES string of the molecule is Cc1ccc2c(c1)cc(C)n2C(=O)C1CSN(c2cccnc2)C1. The van der Waals surface area contributed by atoms with E-state index in [2.05, 4.69) is 40.5 Å². The summed E-state index contributed by atoms with van der Waals surface area (Å²) in [5.41, 5.74) is 4.28. The summed E-state index contributed by atoms with van der Waals surface area (Å²) in [4.78, 5) is 17.3. The van der Waals surface area contributed by atoms with Gasteiger partial charge < -0.3 is 4.31 Å². The van der Waals surface area contributed by atoms with Crippen LogP contribution in [0.4, 0.5) is 5.69 Å². The predicted molar refractivity (Wildman–Crippen MR) is 99.6 cm³/mol. The molecule has 2 aromatic heterocycles. The van der Waals surface area contributed by atoms with Crippen LogP contribution in [-0.2, 0) is 0 Å². The van der Waals surface area contributed by atoms with E-state index in [1.807, 2.05) is 29.8 Å². The van der Waals surface area contributed by atoms with Crippen molar-refractivity contribution >= 4 is 34.4 Å². The lowest BCUT2D eigenvalue weighted by Gasteiger charge is -2.16. The number of aryl methyl sites for hydroxylation is 2. The van der Waals surface area contributed by atoms with Gasteiger partial charge >= 0.3 is 0 Å². The fraction of sp³-hybridized carbons (Fsp3) is 0.263. The summed E-state index contributed by atoms with van der Waals surface area (Å²) in [6.45, 7) is 4.81. The molecule has 24 heavy (non-hydrogen) atoms. The molecule has 1 aromatic carbocycles. The molecule has 5 heteroatoms. The van der Waals surface area contributed by atoms with Crippen molar-refractivity contribution in [3.63, 3.8) is 0 Å². The maximum Gasteiger partial charge on any atom is 0.237 e. The minimum atomic E-state index is -0.00851. The first-order chi connectivity index (χ1) is 11.6. The van der Waals surface area contributed by atoms with Gasteiger partial charge in [-0.15, -0.1) is 0 Å². The average molecular weight is 337 g/mol. The van der Waals surface area contributed by atoms with Crippen LogP contribution in [0.25, 0.3) is 10.9 Å². The monoisotopic (exact) mass is 337 g/mol. The van der Waals surface area contributed by atoms with Gasteiger partial charge in [-0.2, -0.15) is 0 Å². The van der Waals surface area contributed by atoms with Crippen molar-refractivity contribution in [2.24, 2.45) is 5.92 Å². The smallest absolute Gasteiger partial charge is 0.237 e. The summed E-state index contributed by atoms with van der Waals surface area (Å²) in [5, 5.41) is 1.13. The van der Waals surface area contributed by atoms with Crippen LogP contribution in [0.1, 0.15) is 16.1 Å². The van der Waals surface area contributed by atoms with Gasteiger partial charge in [0.25, 0.3) is 0 Å². The molecule has 0 N–H and O–H groups in total. The van der Waals surface area contributed by atoms with Crippen LogP contribution in [0, 0.1) is 19.8 Å². The van der Waals surface area contributed by atoms with E-state index in [4.69, 9.17) is 0 Å². The molecule has 4 nitrogen and oxygen atoms in total. The average Bonchev–Trinajstić information content (AvgIpc) is 3.19. The Kier molecular flexibility index (Phi) is 3.81. The molecule has 0 aliphatic carbocycles. The third-order valence-corrected chi connectivity index (χ3v) is 5.69. The van der Waals surface area contributed by atoms with E-state index in [0.717, 1.165) is 34.6 Å². The predicted octanol–water partition coefficient (Wildman–Crippen LogP) is 4.08. The summed E-state index contributed by atoms with van der Waals surface area (Å²) < 4.78 is 4.05. The topological polar surface area (TPSA) is 38.1 Å². The minimum Gasteiger partial charge on any atom is -0.314 e. The fourth-order valence-corrected chi connectivity index (χ4v) is 4.41. The van der Waals surface area contributed by atoms with E-state index in [0.29, 0.717) is 0 Å². The van der Waals surface area contributed by atoms with Gasteiger partial charge in [-0.3, -0.25) is 14.3 Å². The molecule has 0 spiro atoms. The summed E-state index contributed by atoms with van der Waals surface area (Å²) in [5.74, 6) is 0.981. The van der Waals surface area contributed by atoms with Crippen molar-refractivity contribution < 1.29 is 4.79 Å². The first-order valence-electron chi connectivity index (χ1n) is 8.07. The number of rotatable bonds is 2. The number of benzene rings is 1. The number of hydrogen-bond donors (Lipinski definition) is 0. The second-order valence-electron chi connectivity index (χ2n) is 6.29. The molecular formula is C19H19N3OS. The van der Waals surface area contributed by atoms with E-state index >= 15 is 0 Å². The molecule has 3 aromatic rings. The van der Waals surface area contributed by atoms with Crippen LogP contribution in [0.5, 0.6) is 0 Å². The molecule has 0 saturated carbocycles. The highest BCUT2D eigenvalue weighted by Crippen LogP contribution is 2.33. The summed E-state index contributed by atoms with van der Waals surface area (Å²) in [6.07, 6.45) is 3.61. The van der Waals surface area contributed by atoms with Crippen molar-refractivity contribution in [1.29, 1.82) is 0 Å². The maximum absolute atomic E-state index is 13.1. The summed E-state index contributed by atoms with van der Waals surface area (Å²) in [6, 6.07) is 12.3. The number of nitrogens with zero attached hydrogens (tertiary/aromatic N) is 3. The maximum atomic E-state index is 13.1. The molecule has 4 rings (SSSR count). The Hall–Kier alpha value is -2.27. The van der Waals surface area contributed by atoms with E-state index in [1.165, 1.54) is 5.56 Å². The fourth-order valence-electron chi connectivity index (χ4n) is 3.26. The van der Waals surface area contributed by atoms with Crippen molar-refractivity contribution in [3.8, 4) is 0 Å². The molecule has 1 aliphatic rings. The lowest BCUT2D eigenvalue weighted by atomic mass is 10.1. The summed E-state index contributed by atoms with van der Waals surface area (Å²) in [7, 11) is 0. The van der Waals surface area contributed by atoms with E-state index < -0.39 is 0 Å². The number of anilines is 1. The standard InChI is InChI=1S/C19H19N3OS/c1-13-5-6-18-15(8-13)9-14(2)22(18)19(23)16-11-21(24-12-16)17-4-3-7-20-10-17/h3-10,16H,11-12H2,1-2H3. The molecule has 1 unspecified atom stereocenters. The van der Waals surface area contributed by atoms with E-state index in [-0.39, 0.29) is 11.8 Å². The van der Waals surface area contributed by atoms with Crippen molar-refractivity contribution in [1.82, 2.24) is 9.55 Å². The van der Waals surface area contributed by atoms with Crippen LogP contribution < -0.4 is 4.31 Å². The van der Waals surface area contributed by atoms with Crippen LogP contribution in [0.15, 0.2) is 48.8 Å². The zero-order valence-corrected chi connectivity index (χ0v) is 14.6. The van der Waals surface area contributed by atoms with Gasteiger partial charge in [-0.25, -0.2) is 0 Å². The second-order valence-corrected chi connectivity index (χ2v) is 7.32. The minimum absolute atomic E-state index is 0.00851. The molecule has 1 saturated heterocycles. The Bertz CT molecular complexity index is 904. The highest BCUT2D eigenvalue weighted by molar-refractivity contribution is 8.00. The number of carbonyl (C=O) groups excluding carboxylic acids is 1.